The number of amides is 1. The Balaban J connectivity index is 1.52. The van der Waals surface area contributed by atoms with E-state index in [-0.39, 0.29) is 17.5 Å². The molecule has 4 rings (SSSR count). The minimum absolute atomic E-state index is 0.0598. The fraction of sp³-hybridized carbons (Fsp3) is 0.435. The zero-order valence-electron chi connectivity index (χ0n) is 18.6. The fourth-order valence-electron chi connectivity index (χ4n) is 4.05. The van der Waals surface area contributed by atoms with Crippen LogP contribution in [0.1, 0.15) is 49.2 Å². The molecule has 1 aromatic carbocycles. The Labute approximate surface area is 198 Å². The molecule has 3 aromatic rings. The summed E-state index contributed by atoms with van der Waals surface area (Å²) in [4.78, 5) is 13.9. The quantitative estimate of drug-likeness (QED) is 0.400. The molecule has 1 aliphatic rings. The fourth-order valence-corrected chi connectivity index (χ4v) is 6.16. The van der Waals surface area contributed by atoms with E-state index in [0.717, 1.165) is 36.7 Å². The van der Waals surface area contributed by atoms with Crippen LogP contribution in [0.2, 0.25) is 0 Å². The first-order valence-electron chi connectivity index (χ1n) is 10.8. The third-order valence-electron chi connectivity index (χ3n) is 5.66. The maximum Gasteiger partial charge on any atom is 0.418 e. The largest absolute Gasteiger partial charge is 0.418 e. The number of alkyl halides is 3. The number of nitrogens with zero attached hydrogens (tertiary/aromatic N) is 3. The van der Waals surface area contributed by atoms with Gasteiger partial charge in [-0.15, -0.1) is 21.5 Å². The van der Waals surface area contributed by atoms with Gasteiger partial charge in [0.2, 0.25) is 5.91 Å². The second kappa shape index (κ2) is 9.50. The van der Waals surface area contributed by atoms with Crippen molar-refractivity contribution in [2.24, 2.45) is 5.92 Å². The van der Waals surface area contributed by atoms with Gasteiger partial charge in [0.25, 0.3) is 0 Å². The summed E-state index contributed by atoms with van der Waals surface area (Å²) in [6, 6.07) is 5.02. The number of halogens is 3. The number of hydrogen-bond acceptors (Lipinski definition) is 5. The number of rotatable bonds is 6. The monoisotopic (exact) mass is 494 g/mol. The SMILES string of the molecule is CC1CCc2c(-c3nnc(SCC(=O)Nc4ccccc4C(F)(F)F)n3C(C)C)csc2C1. The number of para-hydroxylation sites is 1. The molecule has 2 aromatic heterocycles. The summed E-state index contributed by atoms with van der Waals surface area (Å²) >= 11 is 2.93. The van der Waals surface area contributed by atoms with Gasteiger partial charge in [-0.25, -0.2) is 0 Å². The van der Waals surface area contributed by atoms with Gasteiger partial charge in [0, 0.05) is 21.9 Å². The predicted molar refractivity (Wildman–Crippen MR) is 126 cm³/mol. The van der Waals surface area contributed by atoms with Crippen LogP contribution in [0.5, 0.6) is 0 Å². The lowest BCUT2D eigenvalue weighted by molar-refractivity contribution is -0.137. The van der Waals surface area contributed by atoms with Gasteiger partial charge in [-0.3, -0.25) is 9.36 Å². The molecule has 176 valence electrons. The summed E-state index contributed by atoms with van der Waals surface area (Å²) in [6.45, 7) is 6.32. The third-order valence-corrected chi connectivity index (χ3v) is 7.66. The molecule has 0 saturated heterocycles. The Morgan fingerprint density at radius 1 is 1.30 bits per heavy atom. The van der Waals surface area contributed by atoms with E-state index in [1.54, 1.807) is 11.3 Å². The van der Waals surface area contributed by atoms with Gasteiger partial charge in [-0.05, 0) is 56.7 Å². The molecular formula is C23H25F3N4OS2. The average Bonchev–Trinajstić information content (AvgIpc) is 3.35. The van der Waals surface area contributed by atoms with Gasteiger partial charge in [0.15, 0.2) is 11.0 Å². The van der Waals surface area contributed by atoms with Crippen molar-refractivity contribution in [1.82, 2.24) is 14.8 Å². The molecule has 1 atom stereocenters. The molecular weight excluding hydrogens is 469 g/mol. The van der Waals surface area contributed by atoms with E-state index in [0.29, 0.717) is 11.1 Å². The van der Waals surface area contributed by atoms with Crippen LogP contribution < -0.4 is 5.32 Å². The van der Waals surface area contributed by atoms with Crippen molar-refractivity contribution in [3.63, 3.8) is 0 Å². The van der Waals surface area contributed by atoms with Crippen LogP contribution >= 0.6 is 23.1 Å². The van der Waals surface area contributed by atoms with Crippen molar-refractivity contribution < 1.29 is 18.0 Å². The topological polar surface area (TPSA) is 59.8 Å². The minimum atomic E-state index is -4.54. The smallest absolute Gasteiger partial charge is 0.325 e. The lowest BCUT2D eigenvalue weighted by Gasteiger charge is -2.19. The number of aromatic nitrogens is 3. The maximum atomic E-state index is 13.2. The number of benzene rings is 1. The summed E-state index contributed by atoms with van der Waals surface area (Å²) < 4.78 is 41.6. The van der Waals surface area contributed by atoms with Crippen LogP contribution in [0.3, 0.4) is 0 Å². The van der Waals surface area contributed by atoms with E-state index in [1.165, 1.54) is 40.4 Å². The molecule has 0 bridgehead atoms. The Hall–Kier alpha value is -2.33. The molecule has 1 amide bonds. The number of fused-ring (bicyclic) bond motifs is 1. The zero-order chi connectivity index (χ0) is 23.8. The molecule has 0 saturated carbocycles. The van der Waals surface area contributed by atoms with Crippen LogP contribution in [-0.2, 0) is 23.8 Å². The van der Waals surface area contributed by atoms with Gasteiger partial charge in [-0.2, -0.15) is 13.2 Å². The number of carbonyl (C=O) groups is 1. The van der Waals surface area contributed by atoms with Crippen molar-refractivity contribution in [1.29, 1.82) is 0 Å². The number of nitrogens with one attached hydrogen (secondary N) is 1. The highest BCUT2D eigenvalue weighted by atomic mass is 32.2. The van der Waals surface area contributed by atoms with Crippen molar-refractivity contribution >= 4 is 34.7 Å². The Bertz CT molecular complexity index is 1150. The maximum absolute atomic E-state index is 13.2. The van der Waals surface area contributed by atoms with Crippen molar-refractivity contribution in [2.75, 3.05) is 11.1 Å². The molecule has 0 spiro atoms. The normalized spacial score (nSPS) is 16.2. The lowest BCUT2D eigenvalue weighted by atomic mass is 9.88. The molecule has 2 heterocycles. The van der Waals surface area contributed by atoms with Gasteiger partial charge in [0.1, 0.15) is 0 Å². The summed E-state index contributed by atoms with van der Waals surface area (Å²) in [5.41, 5.74) is 1.32. The summed E-state index contributed by atoms with van der Waals surface area (Å²) in [6.07, 6.45) is -1.30. The Morgan fingerprint density at radius 2 is 2.06 bits per heavy atom. The van der Waals surface area contributed by atoms with Crippen LogP contribution in [0, 0.1) is 5.92 Å². The second-order valence-corrected chi connectivity index (χ2v) is 10.5. The summed E-state index contributed by atoms with van der Waals surface area (Å²) in [7, 11) is 0. The molecule has 1 N–H and O–H groups in total. The van der Waals surface area contributed by atoms with Gasteiger partial charge in [0.05, 0.1) is 17.0 Å². The van der Waals surface area contributed by atoms with Gasteiger partial charge >= 0.3 is 6.18 Å². The highest BCUT2D eigenvalue weighted by molar-refractivity contribution is 7.99. The van der Waals surface area contributed by atoms with Crippen molar-refractivity contribution in [3.05, 3.63) is 45.6 Å². The second-order valence-electron chi connectivity index (χ2n) is 8.55. The van der Waals surface area contributed by atoms with E-state index in [1.807, 2.05) is 18.4 Å². The van der Waals surface area contributed by atoms with Crippen LogP contribution in [0.25, 0.3) is 11.4 Å². The Morgan fingerprint density at radius 3 is 2.79 bits per heavy atom. The number of thioether (sulfide) groups is 1. The molecule has 0 fully saturated rings. The molecule has 0 radical (unpaired) electrons. The van der Waals surface area contributed by atoms with Crippen molar-refractivity contribution in [3.8, 4) is 11.4 Å². The predicted octanol–water partition coefficient (Wildman–Crippen LogP) is 6.46. The van der Waals surface area contributed by atoms with E-state index >= 15 is 0 Å². The number of thiophene rings is 1. The van der Waals surface area contributed by atoms with Crippen LogP contribution in [0.4, 0.5) is 18.9 Å². The third kappa shape index (κ3) is 5.11. The average molecular weight is 495 g/mol. The molecule has 1 aliphatic carbocycles. The van der Waals surface area contributed by atoms with Crippen molar-refractivity contribution in [2.45, 2.75) is 57.4 Å². The van der Waals surface area contributed by atoms with Gasteiger partial charge < -0.3 is 5.32 Å². The van der Waals surface area contributed by atoms with E-state index in [9.17, 15) is 18.0 Å². The zero-order valence-corrected chi connectivity index (χ0v) is 20.2. The molecule has 5 nitrogen and oxygen atoms in total. The molecule has 0 aliphatic heterocycles. The number of anilines is 1. The Kier molecular flexibility index (Phi) is 6.86. The molecule has 10 heteroatoms. The highest BCUT2D eigenvalue weighted by Crippen LogP contribution is 2.39. The summed E-state index contributed by atoms with van der Waals surface area (Å²) in [5, 5.41) is 13.8. The van der Waals surface area contributed by atoms with E-state index in [4.69, 9.17) is 0 Å². The number of carbonyl (C=O) groups excluding carboxylic acids is 1. The number of hydrogen-bond donors (Lipinski definition) is 1. The first-order chi connectivity index (χ1) is 15.6. The summed E-state index contributed by atoms with van der Waals surface area (Å²) in [5.74, 6) is 0.857. The first kappa shape index (κ1) is 23.8. The minimum Gasteiger partial charge on any atom is -0.325 e. The molecule has 33 heavy (non-hydrogen) atoms. The highest BCUT2D eigenvalue weighted by Gasteiger charge is 2.33. The first-order valence-corrected chi connectivity index (χ1v) is 12.6. The van der Waals surface area contributed by atoms with Gasteiger partial charge in [-0.1, -0.05) is 30.8 Å². The lowest BCUT2D eigenvalue weighted by Crippen LogP contribution is -2.18. The molecule has 1 unspecified atom stereocenters. The van der Waals surface area contributed by atoms with E-state index in [2.05, 4.69) is 27.8 Å². The van der Waals surface area contributed by atoms with Crippen LogP contribution in [-0.4, -0.2) is 26.4 Å². The van der Waals surface area contributed by atoms with E-state index < -0.39 is 17.6 Å². The van der Waals surface area contributed by atoms with Crippen LogP contribution in [0.15, 0.2) is 34.8 Å². The standard InChI is InChI=1S/C23H25F3N4OS2/c1-13(2)30-21(16-11-32-19-10-14(3)8-9-15(16)19)28-29-22(30)33-12-20(31)27-18-7-5-4-6-17(18)23(24,25)26/h4-7,11,13-14H,8-10,12H2,1-3H3,(H,27,31).